The van der Waals surface area contributed by atoms with Gasteiger partial charge >= 0.3 is 0 Å². The van der Waals surface area contributed by atoms with E-state index in [1.807, 2.05) is 0 Å². The minimum Gasteiger partial charge on any atom is -0.378 e. The highest BCUT2D eigenvalue weighted by atomic mass is 16.5. The average molecular weight is 242 g/mol. The molecule has 1 saturated heterocycles. The van der Waals surface area contributed by atoms with Gasteiger partial charge in [-0.05, 0) is 44.7 Å². The van der Waals surface area contributed by atoms with Gasteiger partial charge in [0.05, 0.1) is 6.10 Å². The Balaban J connectivity index is 1.87. The molecule has 3 N–H and O–H groups in total. The summed E-state index contributed by atoms with van der Waals surface area (Å²) in [6, 6.07) is 0. The molecule has 0 radical (unpaired) electrons. The third kappa shape index (κ3) is 6.39. The third-order valence-corrected chi connectivity index (χ3v) is 3.71. The van der Waals surface area contributed by atoms with Crippen molar-refractivity contribution in [3.8, 4) is 0 Å². The summed E-state index contributed by atoms with van der Waals surface area (Å²) in [4.78, 5) is 0. The number of hydrogen-bond donors (Lipinski definition) is 2. The number of hydrogen-bond acceptors (Lipinski definition) is 3. The minimum atomic E-state index is 0.507. The first kappa shape index (κ1) is 14.9. The van der Waals surface area contributed by atoms with Gasteiger partial charge < -0.3 is 15.8 Å². The zero-order chi connectivity index (χ0) is 12.3. The lowest BCUT2D eigenvalue weighted by Crippen LogP contribution is -2.28. The maximum atomic E-state index is 5.69. The summed E-state index contributed by atoms with van der Waals surface area (Å²) in [5, 5.41) is 3.58. The van der Waals surface area contributed by atoms with Crippen LogP contribution in [-0.4, -0.2) is 32.3 Å². The molecule has 2 unspecified atom stereocenters. The van der Waals surface area contributed by atoms with E-state index in [0.29, 0.717) is 6.10 Å². The summed E-state index contributed by atoms with van der Waals surface area (Å²) in [7, 11) is 0. The monoisotopic (exact) mass is 242 g/mol. The molecule has 2 atom stereocenters. The highest BCUT2D eigenvalue weighted by Gasteiger charge is 2.25. The lowest BCUT2D eigenvalue weighted by atomic mass is 10.00. The summed E-state index contributed by atoms with van der Waals surface area (Å²) in [6.07, 6.45) is 9.36. The Hall–Kier alpha value is -0.120. The van der Waals surface area contributed by atoms with E-state index in [1.165, 1.54) is 38.5 Å². The van der Waals surface area contributed by atoms with E-state index in [2.05, 4.69) is 12.2 Å². The Kier molecular flexibility index (Phi) is 8.67. The van der Waals surface area contributed by atoms with Crippen molar-refractivity contribution in [1.29, 1.82) is 0 Å². The van der Waals surface area contributed by atoms with Crippen LogP contribution < -0.4 is 11.1 Å². The summed E-state index contributed by atoms with van der Waals surface area (Å²) in [5.74, 6) is 0.747. The van der Waals surface area contributed by atoms with Crippen molar-refractivity contribution in [2.45, 2.75) is 58.0 Å². The van der Waals surface area contributed by atoms with Crippen LogP contribution in [0.5, 0.6) is 0 Å². The molecule has 1 aliphatic rings. The molecule has 0 spiro atoms. The van der Waals surface area contributed by atoms with Crippen molar-refractivity contribution in [2.24, 2.45) is 11.7 Å². The second kappa shape index (κ2) is 9.86. The molecule has 0 aromatic carbocycles. The van der Waals surface area contributed by atoms with Crippen LogP contribution in [0.25, 0.3) is 0 Å². The van der Waals surface area contributed by atoms with Gasteiger partial charge in [-0.15, -0.1) is 0 Å². The highest BCUT2D eigenvalue weighted by Crippen LogP contribution is 2.22. The predicted octanol–water partition coefficient (Wildman–Crippen LogP) is 2.30. The van der Waals surface area contributed by atoms with Gasteiger partial charge in [0.2, 0.25) is 0 Å². The molecule has 0 amide bonds. The molecule has 0 saturated carbocycles. The number of nitrogens with one attached hydrogen (secondary N) is 1. The van der Waals surface area contributed by atoms with Crippen LogP contribution in [0.1, 0.15) is 51.9 Å². The van der Waals surface area contributed by atoms with Crippen LogP contribution >= 0.6 is 0 Å². The fourth-order valence-corrected chi connectivity index (χ4v) is 2.59. The lowest BCUT2D eigenvalue weighted by Gasteiger charge is -2.17. The molecule has 0 bridgehead atoms. The maximum absolute atomic E-state index is 5.69. The molecular formula is C14H30N2O. The highest BCUT2D eigenvalue weighted by molar-refractivity contribution is 4.76. The molecule has 1 fully saturated rings. The van der Waals surface area contributed by atoms with Gasteiger partial charge in [-0.25, -0.2) is 0 Å². The molecule has 3 heteroatoms. The fourth-order valence-electron chi connectivity index (χ4n) is 2.59. The average Bonchev–Trinajstić information content (AvgIpc) is 2.80. The first-order chi connectivity index (χ1) is 8.38. The fraction of sp³-hybridized carbons (Fsp3) is 1.00. The second-order valence-corrected chi connectivity index (χ2v) is 5.13. The van der Waals surface area contributed by atoms with Crippen molar-refractivity contribution in [3.63, 3.8) is 0 Å². The molecule has 102 valence electrons. The molecule has 1 heterocycles. The SMILES string of the molecule is CCC1OCCC1CNCCCCCCCN. The van der Waals surface area contributed by atoms with Gasteiger partial charge in [0, 0.05) is 13.2 Å². The van der Waals surface area contributed by atoms with Crippen molar-refractivity contribution in [1.82, 2.24) is 5.32 Å². The summed E-state index contributed by atoms with van der Waals surface area (Å²) in [5.41, 5.74) is 5.46. The smallest absolute Gasteiger partial charge is 0.0613 e. The van der Waals surface area contributed by atoms with Crippen LogP contribution in [0.2, 0.25) is 0 Å². The van der Waals surface area contributed by atoms with Gasteiger partial charge in [0.15, 0.2) is 0 Å². The van der Waals surface area contributed by atoms with Crippen LogP contribution in [0, 0.1) is 5.92 Å². The summed E-state index contributed by atoms with van der Waals surface area (Å²) < 4.78 is 5.69. The van der Waals surface area contributed by atoms with E-state index in [-0.39, 0.29) is 0 Å². The number of ether oxygens (including phenoxy) is 1. The van der Waals surface area contributed by atoms with Crippen molar-refractivity contribution in [2.75, 3.05) is 26.2 Å². The van der Waals surface area contributed by atoms with Crippen LogP contribution in [0.3, 0.4) is 0 Å². The number of nitrogens with two attached hydrogens (primary N) is 1. The van der Waals surface area contributed by atoms with Gasteiger partial charge in [0.1, 0.15) is 0 Å². The van der Waals surface area contributed by atoms with Gasteiger partial charge in [-0.2, -0.15) is 0 Å². The lowest BCUT2D eigenvalue weighted by molar-refractivity contribution is 0.0873. The largest absolute Gasteiger partial charge is 0.378 e. The first-order valence-electron chi connectivity index (χ1n) is 7.40. The predicted molar refractivity (Wildman–Crippen MR) is 73.1 cm³/mol. The zero-order valence-corrected chi connectivity index (χ0v) is 11.4. The van der Waals surface area contributed by atoms with Gasteiger partial charge in [0.25, 0.3) is 0 Å². The zero-order valence-electron chi connectivity index (χ0n) is 11.4. The van der Waals surface area contributed by atoms with Crippen molar-refractivity contribution >= 4 is 0 Å². The summed E-state index contributed by atoms with van der Waals surface area (Å²) in [6.45, 7) is 6.33. The van der Waals surface area contributed by atoms with Gasteiger partial charge in [-0.1, -0.05) is 26.2 Å². The topological polar surface area (TPSA) is 47.3 Å². The molecule has 0 aromatic rings. The van der Waals surface area contributed by atoms with E-state index in [0.717, 1.165) is 38.6 Å². The molecule has 1 rings (SSSR count). The van der Waals surface area contributed by atoms with E-state index in [4.69, 9.17) is 10.5 Å². The number of rotatable bonds is 10. The van der Waals surface area contributed by atoms with E-state index in [1.54, 1.807) is 0 Å². The molecule has 3 nitrogen and oxygen atoms in total. The van der Waals surface area contributed by atoms with Crippen LogP contribution in [-0.2, 0) is 4.74 Å². The van der Waals surface area contributed by atoms with E-state index in [9.17, 15) is 0 Å². The Labute approximate surface area is 106 Å². The standard InChI is InChI=1S/C14H30N2O/c1-2-14-13(8-11-17-14)12-16-10-7-5-3-4-6-9-15/h13-14,16H,2-12,15H2,1H3. The molecule has 0 aliphatic carbocycles. The number of unbranched alkanes of at least 4 members (excludes halogenated alkanes) is 4. The first-order valence-corrected chi connectivity index (χ1v) is 7.40. The van der Waals surface area contributed by atoms with E-state index >= 15 is 0 Å². The van der Waals surface area contributed by atoms with Crippen molar-refractivity contribution in [3.05, 3.63) is 0 Å². The molecule has 17 heavy (non-hydrogen) atoms. The quantitative estimate of drug-likeness (QED) is 0.578. The Morgan fingerprint density at radius 3 is 2.71 bits per heavy atom. The van der Waals surface area contributed by atoms with Crippen molar-refractivity contribution < 1.29 is 4.74 Å². The second-order valence-electron chi connectivity index (χ2n) is 5.13. The molecule has 1 aliphatic heterocycles. The van der Waals surface area contributed by atoms with E-state index < -0.39 is 0 Å². The van der Waals surface area contributed by atoms with Crippen LogP contribution in [0.4, 0.5) is 0 Å². The normalized spacial score (nSPS) is 24.4. The Morgan fingerprint density at radius 2 is 1.94 bits per heavy atom. The van der Waals surface area contributed by atoms with Crippen LogP contribution in [0.15, 0.2) is 0 Å². The molecular weight excluding hydrogens is 212 g/mol. The Morgan fingerprint density at radius 1 is 1.18 bits per heavy atom. The molecule has 0 aromatic heterocycles. The maximum Gasteiger partial charge on any atom is 0.0613 e. The summed E-state index contributed by atoms with van der Waals surface area (Å²) >= 11 is 0. The Bertz CT molecular complexity index is 176. The van der Waals surface area contributed by atoms with Gasteiger partial charge in [-0.3, -0.25) is 0 Å². The third-order valence-electron chi connectivity index (χ3n) is 3.71. The minimum absolute atomic E-state index is 0.507.